The molecule has 4 heterocycles. The van der Waals surface area contributed by atoms with Crippen LogP contribution in [0.25, 0.3) is 0 Å². The fourth-order valence-electron chi connectivity index (χ4n) is 4.73. The molecular formula is C26H32F9N5O7. The van der Waals surface area contributed by atoms with E-state index >= 15 is 0 Å². The molecule has 1 spiro atoms. The van der Waals surface area contributed by atoms with E-state index in [0.717, 1.165) is 31.8 Å². The first-order chi connectivity index (χ1) is 21.5. The van der Waals surface area contributed by atoms with Gasteiger partial charge in [-0.2, -0.15) is 44.6 Å². The number of alkyl halides is 9. The molecule has 2 aromatic heterocycles. The molecule has 2 saturated heterocycles. The summed E-state index contributed by atoms with van der Waals surface area (Å²) in [6, 6.07) is 4.05. The maximum absolute atomic E-state index is 10.6. The second-order valence-corrected chi connectivity index (χ2v) is 10.5. The number of hydrogen-bond donors (Lipinski definition) is 3. The van der Waals surface area contributed by atoms with E-state index in [1.807, 2.05) is 30.2 Å². The number of pyridine rings is 1. The number of nitrogens with zero attached hydrogens (tertiary/aromatic N) is 5. The van der Waals surface area contributed by atoms with Crippen molar-refractivity contribution in [1.29, 1.82) is 0 Å². The van der Waals surface area contributed by atoms with Crippen LogP contribution in [0.5, 0.6) is 0 Å². The van der Waals surface area contributed by atoms with Crippen molar-refractivity contribution in [3.8, 4) is 0 Å². The van der Waals surface area contributed by atoms with Gasteiger partial charge in [0.05, 0.1) is 19.4 Å². The van der Waals surface area contributed by atoms with Gasteiger partial charge in [-0.1, -0.05) is 6.07 Å². The number of ether oxygens (including phenoxy) is 1. The summed E-state index contributed by atoms with van der Waals surface area (Å²) in [5, 5.41) is 25.7. The number of rotatable bonds is 6. The number of halogens is 9. The molecule has 2 atom stereocenters. The largest absolute Gasteiger partial charge is 0.490 e. The van der Waals surface area contributed by atoms with Crippen LogP contribution < -0.4 is 0 Å². The summed E-state index contributed by atoms with van der Waals surface area (Å²) in [5.41, 5.74) is 2.82. The Morgan fingerprint density at radius 2 is 1.43 bits per heavy atom. The highest BCUT2D eigenvalue weighted by molar-refractivity contribution is 5.73. The van der Waals surface area contributed by atoms with Crippen molar-refractivity contribution >= 4 is 17.9 Å². The van der Waals surface area contributed by atoms with Crippen molar-refractivity contribution in [2.45, 2.75) is 38.1 Å². The zero-order valence-corrected chi connectivity index (χ0v) is 24.8. The number of carboxylic acids is 3. The number of carbonyl (C=O) groups is 3. The van der Waals surface area contributed by atoms with E-state index in [1.165, 1.54) is 25.1 Å². The second-order valence-electron chi connectivity index (χ2n) is 10.5. The lowest BCUT2D eigenvalue weighted by Crippen LogP contribution is -2.36. The topological polar surface area (TPSA) is 158 Å². The summed E-state index contributed by atoms with van der Waals surface area (Å²) in [7, 11) is 4.23. The summed E-state index contributed by atoms with van der Waals surface area (Å²) in [5.74, 6) is -7.67. The first kappa shape index (κ1) is 41.0. The molecule has 47 heavy (non-hydrogen) atoms. The van der Waals surface area contributed by atoms with Crippen LogP contribution in [0.2, 0.25) is 0 Å². The monoisotopic (exact) mass is 697 g/mol. The zero-order valence-electron chi connectivity index (χ0n) is 24.8. The molecule has 0 unspecified atom stereocenters. The number of aromatic nitrogens is 3. The zero-order chi connectivity index (χ0) is 36.2. The van der Waals surface area contributed by atoms with E-state index < -0.39 is 36.4 Å². The molecule has 266 valence electrons. The number of likely N-dealkylation sites (tertiary alicyclic amines) is 2. The van der Waals surface area contributed by atoms with Gasteiger partial charge in [-0.25, -0.2) is 14.4 Å². The van der Waals surface area contributed by atoms with Crippen LogP contribution >= 0.6 is 0 Å². The van der Waals surface area contributed by atoms with Crippen molar-refractivity contribution in [2.75, 3.05) is 39.8 Å². The van der Waals surface area contributed by atoms with Crippen LogP contribution in [0.1, 0.15) is 17.5 Å². The van der Waals surface area contributed by atoms with Crippen molar-refractivity contribution < 1.29 is 74.0 Å². The van der Waals surface area contributed by atoms with E-state index in [1.54, 1.807) is 6.20 Å². The van der Waals surface area contributed by atoms with Crippen LogP contribution in [0.15, 0.2) is 36.9 Å². The average molecular weight is 698 g/mol. The van der Waals surface area contributed by atoms with E-state index in [9.17, 15) is 39.5 Å². The van der Waals surface area contributed by atoms with Gasteiger partial charge in [0.1, 0.15) is 0 Å². The molecule has 2 fully saturated rings. The van der Waals surface area contributed by atoms with E-state index in [4.69, 9.17) is 34.4 Å². The minimum Gasteiger partial charge on any atom is -0.475 e. The fourth-order valence-corrected chi connectivity index (χ4v) is 4.73. The Bertz CT molecular complexity index is 1230. The second kappa shape index (κ2) is 17.3. The minimum atomic E-state index is -5.08. The smallest absolute Gasteiger partial charge is 0.475 e. The molecule has 0 saturated carbocycles. The Labute approximate surface area is 261 Å². The molecule has 0 radical (unpaired) electrons. The van der Waals surface area contributed by atoms with E-state index in [2.05, 4.69) is 39.2 Å². The van der Waals surface area contributed by atoms with Crippen molar-refractivity contribution in [3.05, 3.63) is 48.0 Å². The van der Waals surface area contributed by atoms with Crippen LogP contribution in [0, 0.1) is 11.3 Å². The molecule has 12 nitrogen and oxygen atoms in total. The summed E-state index contributed by atoms with van der Waals surface area (Å²) in [4.78, 5) is 35.9. The third kappa shape index (κ3) is 15.0. The summed E-state index contributed by atoms with van der Waals surface area (Å²) < 4.78 is 103. The summed E-state index contributed by atoms with van der Waals surface area (Å²) in [6.45, 7) is 7.13. The quantitative estimate of drug-likeness (QED) is 0.378. The predicted molar refractivity (Wildman–Crippen MR) is 141 cm³/mol. The van der Waals surface area contributed by atoms with Gasteiger partial charge in [0, 0.05) is 68.7 Å². The van der Waals surface area contributed by atoms with Crippen molar-refractivity contribution in [1.82, 2.24) is 24.6 Å². The summed E-state index contributed by atoms with van der Waals surface area (Å²) >= 11 is 0. The molecule has 2 aliphatic rings. The van der Waals surface area contributed by atoms with E-state index in [0.29, 0.717) is 17.9 Å². The average Bonchev–Trinajstić information content (AvgIpc) is 3.62. The lowest BCUT2D eigenvalue weighted by molar-refractivity contribution is -0.193. The van der Waals surface area contributed by atoms with E-state index in [-0.39, 0.29) is 0 Å². The summed E-state index contributed by atoms with van der Waals surface area (Å²) in [6.07, 6.45) is -6.18. The Morgan fingerprint density at radius 3 is 1.85 bits per heavy atom. The van der Waals surface area contributed by atoms with Crippen LogP contribution in [-0.2, 0) is 39.3 Å². The van der Waals surface area contributed by atoms with Gasteiger partial charge in [-0.05, 0) is 31.6 Å². The lowest BCUT2D eigenvalue weighted by Gasteiger charge is -2.30. The molecule has 0 aliphatic carbocycles. The van der Waals surface area contributed by atoms with Gasteiger partial charge < -0.3 is 25.0 Å². The number of carboxylic acid groups (broad SMARTS) is 3. The van der Waals surface area contributed by atoms with Gasteiger partial charge in [-0.3, -0.25) is 14.6 Å². The van der Waals surface area contributed by atoms with Crippen molar-refractivity contribution in [2.24, 2.45) is 18.4 Å². The third-order valence-corrected chi connectivity index (χ3v) is 6.65. The highest BCUT2D eigenvalue weighted by Gasteiger charge is 2.49. The maximum atomic E-state index is 10.6. The normalized spacial score (nSPS) is 19.9. The van der Waals surface area contributed by atoms with Crippen molar-refractivity contribution in [3.63, 3.8) is 0 Å². The highest BCUT2D eigenvalue weighted by atomic mass is 19.4. The molecule has 0 amide bonds. The number of aryl methyl sites for hydroxylation is 1. The Hall–Kier alpha value is -3.98. The Balaban J connectivity index is 0.000000430. The standard InChI is InChI=1S/C20H29N5O.3C2HF3O2/c1-23-12-19(14-26-13-17-4-3-6-21-8-17)20(15-23)5-7-25(16-20)11-18-9-22-24(2)10-18;3*3-2(4,5)1(6)7/h3-4,6,8-10,19H,5,7,11-16H2,1-2H3;3*(H,6,7)/t19-,20-;;;/m1.../s1. The van der Waals surface area contributed by atoms with Gasteiger partial charge in [0.2, 0.25) is 0 Å². The van der Waals surface area contributed by atoms with Gasteiger partial charge in [0.25, 0.3) is 0 Å². The minimum absolute atomic E-state index is 0.367. The van der Waals surface area contributed by atoms with Gasteiger partial charge in [0.15, 0.2) is 0 Å². The number of hydrogen-bond acceptors (Lipinski definition) is 8. The van der Waals surface area contributed by atoms with Crippen LogP contribution in [0.4, 0.5) is 39.5 Å². The third-order valence-electron chi connectivity index (χ3n) is 6.65. The molecule has 21 heteroatoms. The fraction of sp³-hybridized carbons (Fsp3) is 0.577. The molecule has 0 bridgehead atoms. The first-order valence-electron chi connectivity index (χ1n) is 13.2. The Morgan fingerprint density at radius 1 is 0.894 bits per heavy atom. The molecule has 2 aromatic rings. The molecular weight excluding hydrogens is 665 g/mol. The lowest BCUT2D eigenvalue weighted by atomic mass is 9.77. The van der Waals surface area contributed by atoms with Crippen LogP contribution in [0.3, 0.4) is 0 Å². The molecule has 2 aliphatic heterocycles. The van der Waals surface area contributed by atoms with Crippen LogP contribution in [-0.4, -0.2) is 116 Å². The SMILES string of the molecule is CN1C[C@H](COCc2cccnc2)[C@]2(CCN(Cc3cnn(C)c3)C2)C1.O=C(O)C(F)(F)F.O=C(O)C(F)(F)F.O=C(O)C(F)(F)F. The molecule has 0 aromatic carbocycles. The number of aliphatic carboxylic acids is 3. The van der Waals surface area contributed by atoms with Gasteiger partial charge in [-0.15, -0.1) is 0 Å². The van der Waals surface area contributed by atoms with Gasteiger partial charge >= 0.3 is 36.4 Å². The Kier molecular flexibility index (Phi) is 15.1. The predicted octanol–water partition coefficient (Wildman–Crippen LogP) is 3.69. The first-order valence-corrected chi connectivity index (χ1v) is 13.2. The maximum Gasteiger partial charge on any atom is 0.490 e. The highest BCUT2D eigenvalue weighted by Crippen LogP contribution is 2.44. The molecule has 4 rings (SSSR count). The molecule has 3 N–H and O–H groups in total.